The third-order valence-corrected chi connectivity index (χ3v) is 4.73. The van der Waals surface area contributed by atoms with E-state index in [2.05, 4.69) is 20.7 Å². The van der Waals surface area contributed by atoms with Crippen LogP contribution in [0.3, 0.4) is 0 Å². The second-order valence-electron chi connectivity index (χ2n) is 4.14. The molecule has 0 saturated heterocycles. The highest BCUT2D eigenvalue weighted by Gasteiger charge is 2.19. The second kappa shape index (κ2) is 5.90. The molecule has 0 heterocycles. The largest absolute Gasteiger partial charge is 0.496 e. The lowest BCUT2D eigenvalue weighted by molar-refractivity contribution is 0.412. The van der Waals surface area contributed by atoms with Crippen LogP contribution < -0.4 is 15.2 Å². The average Bonchev–Trinajstić information content (AvgIpc) is 2.41. The molecule has 0 aromatic heterocycles. The molecule has 8 heteroatoms. The fourth-order valence-corrected chi connectivity index (χ4v) is 3.41. The van der Waals surface area contributed by atoms with E-state index >= 15 is 0 Å². The fraction of sp³-hybridized carbons (Fsp3) is 0.0769. The molecule has 0 saturated carbocycles. The minimum Gasteiger partial charge on any atom is -0.496 e. The van der Waals surface area contributed by atoms with Crippen molar-refractivity contribution >= 4 is 37.3 Å². The molecule has 2 aromatic rings. The number of nitrogens with two attached hydrogens (primary N) is 1. The Hall–Kier alpha value is -1.80. The van der Waals surface area contributed by atoms with Crippen molar-refractivity contribution in [2.75, 3.05) is 17.6 Å². The molecule has 0 fully saturated rings. The van der Waals surface area contributed by atoms with Gasteiger partial charge < -0.3 is 10.5 Å². The standard InChI is InChI=1S/C13H12BrFN2O3S/c1-20-12-5-3-9(7-10(12)14)17-21(18,19)13-6-8(15)2-4-11(13)16/h2-7,17H,16H2,1H3. The number of hydrogen-bond acceptors (Lipinski definition) is 4. The first-order valence-corrected chi connectivity index (χ1v) is 8.02. The van der Waals surface area contributed by atoms with E-state index in [4.69, 9.17) is 10.5 Å². The molecule has 0 atom stereocenters. The highest BCUT2D eigenvalue weighted by atomic mass is 79.9. The average molecular weight is 375 g/mol. The van der Waals surface area contributed by atoms with Gasteiger partial charge in [-0.15, -0.1) is 0 Å². The summed E-state index contributed by atoms with van der Waals surface area (Å²) in [5.74, 6) is -0.122. The van der Waals surface area contributed by atoms with E-state index in [0.717, 1.165) is 12.1 Å². The fourth-order valence-electron chi connectivity index (χ4n) is 1.68. The van der Waals surface area contributed by atoms with E-state index in [1.54, 1.807) is 6.07 Å². The molecule has 3 N–H and O–H groups in total. The van der Waals surface area contributed by atoms with E-state index in [9.17, 15) is 12.8 Å². The first-order chi connectivity index (χ1) is 9.83. The molecule has 0 unspecified atom stereocenters. The molecular formula is C13H12BrFN2O3S. The lowest BCUT2D eigenvalue weighted by atomic mass is 10.3. The lowest BCUT2D eigenvalue weighted by Crippen LogP contribution is -2.15. The van der Waals surface area contributed by atoms with Crippen LogP contribution in [-0.2, 0) is 10.0 Å². The minimum absolute atomic E-state index is 0.0310. The lowest BCUT2D eigenvalue weighted by Gasteiger charge is -2.11. The number of benzene rings is 2. The normalized spacial score (nSPS) is 11.2. The molecule has 0 bridgehead atoms. The molecule has 0 aliphatic carbocycles. The van der Waals surface area contributed by atoms with Crippen LogP contribution in [0.2, 0.25) is 0 Å². The summed E-state index contributed by atoms with van der Waals surface area (Å²) in [6.45, 7) is 0. The van der Waals surface area contributed by atoms with Crippen LogP contribution in [0.4, 0.5) is 15.8 Å². The summed E-state index contributed by atoms with van der Waals surface area (Å²) >= 11 is 3.25. The van der Waals surface area contributed by atoms with Gasteiger partial charge >= 0.3 is 0 Å². The van der Waals surface area contributed by atoms with Crippen LogP contribution in [0.1, 0.15) is 0 Å². The topological polar surface area (TPSA) is 81.4 Å². The summed E-state index contributed by atoms with van der Waals surface area (Å²) < 4.78 is 45.7. The van der Waals surface area contributed by atoms with Crippen molar-refractivity contribution < 1.29 is 17.5 Å². The third kappa shape index (κ3) is 3.45. The van der Waals surface area contributed by atoms with E-state index in [1.807, 2.05) is 0 Å². The number of rotatable bonds is 4. The van der Waals surface area contributed by atoms with Crippen molar-refractivity contribution in [2.24, 2.45) is 0 Å². The zero-order chi connectivity index (χ0) is 15.6. The molecule has 0 amide bonds. The van der Waals surface area contributed by atoms with E-state index in [-0.39, 0.29) is 10.6 Å². The third-order valence-electron chi connectivity index (χ3n) is 2.67. The van der Waals surface area contributed by atoms with Gasteiger partial charge in [-0.1, -0.05) is 0 Å². The van der Waals surface area contributed by atoms with Gasteiger partial charge in [0.1, 0.15) is 16.5 Å². The molecule has 0 aliphatic rings. The van der Waals surface area contributed by atoms with Crippen LogP contribution in [0.15, 0.2) is 45.8 Å². The Morgan fingerprint density at radius 1 is 1.24 bits per heavy atom. The molecule has 2 rings (SSSR count). The monoisotopic (exact) mass is 374 g/mol. The second-order valence-corrected chi connectivity index (χ2v) is 6.64. The molecule has 112 valence electrons. The van der Waals surface area contributed by atoms with Gasteiger partial charge in [-0.05, 0) is 52.3 Å². The number of nitrogen functional groups attached to an aromatic ring is 1. The maximum absolute atomic E-state index is 13.2. The molecule has 21 heavy (non-hydrogen) atoms. The number of halogens is 2. The first-order valence-electron chi connectivity index (χ1n) is 5.75. The number of sulfonamides is 1. The van der Waals surface area contributed by atoms with Crippen LogP contribution >= 0.6 is 15.9 Å². The molecule has 2 aromatic carbocycles. The molecule has 0 aliphatic heterocycles. The van der Waals surface area contributed by atoms with Crippen molar-refractivity contribution in [3.05, 3.63) is 46.7 Å². The summed E-state index contributed by atoms with van der Waals surface area (Å²) in [6, 6.07) is 7.82. The van der Waals surface area contributed by atoms with Gasteiger partial charge in [0, 0.05) is 0 Å². The highest BCUT2D eigenvalue weighted by Crippen LogP contribution is 2.29. The molecular weight excluding hydrogens is 363 g/mol. The van der Waals surface area contributed by atoms with Crippen molar-refractivity contribution in [2.45, 2.75) is 4.90 Å². The van der Waals surface area contributed by atoms with Gasteiger partial charge in [0.2, 0.25) is 0 Å². The van der Waals surface area contributed by atoms with Crippen LogP contribution in [0.25, 0.3) is 0 Å². The van der Waals surface area contributed by atoms with Crippen molar-refractivity contribution in [1.82, 2.24) is 0 Å². The Kier molecular flexibility index (Phi) is 4.38. The SMILES string of the molecule is COc1ccc(NS(=O)(=O)c2cc(F)ccc2N)cc1Br. The maximum Gasteiger partial charge on any atom is 0.264 e. The van der Waals surface area contributed by atoms with Crippen molar-refractivity contribution in [1.29, 1.82) is 0 Å². The van der Waals surface area contributed by atoms with E-state index < -0.39 is 15.8 Å². The van der Waals surface area contributed by atoms with Crippen molar-refractivity contribution in [3.8, 4) is 5.75 Å². The Morgan fingerprint density at radius 2 is 1.95 bits per heavy atom. The Bertz CT molecular complexity index is 781. The maximum atomic E-state index is 13.2. The Morgan fingerprint density at radius 3 is 2.57 bits per heavy atom. The van der Waals surface area contributed by atoms with Crippen LogP contribution in [0, 0.1) is 5.82 Å². The van der Waals surface area contributed by atoms with Gasteiger partial charge in [-0.2, -0.15) is 0 Å². The van der Waals surface area contributed by atoms with Crippen molar-refractivity contribution in [3.63, 3.8) is 0 Å². The Labute approximate surface area is 130 Å². The van der Waals surface area contributed by atoms with E-state index in [0.29, 0.717) is 15.9 Å². The highest BCUT2D eigenvalue weighted by molar-refractivity contribution is 9.10. The predicted octanol–water partition coefficient (Wildman–Crippen LogP) is 2.98. The predicted molar refractivity (Wildman–Crippen MR) is 82.3 cm³/mol. The molecule has 5 nitrogen and oxygen atoms in total. The van der Waals surface area contributed by atoms with E-state index in [1.165, 1.54) is 25.3 Å². The number of hydrogen-bond donors (Lipinski definition) is 2. The summed E-state index contributed by atoms with van der Waals surface area (Å²) in [4.78, 5) is -0.311. The van der Waals surface area contributed by atoms with Crippen LogP contribution in [0.5, 0.6) is 5.75 Å². The van der Waals surface area contributed by atoms with Gasteiger partial charge in [-0.25, -0.2) is 12.8 Å². The minimum atomic E-state index is -3.98. The molecule has 0 radical (unpaired) electrons. The van der Waals surface area contributed by atoms with Crippen LogP contribution in [-0.4, -0.2) is 15.5 Å². The number of methoxy groups -OCH3 is 1. The zero-order valence-corrected chi connectivity index (χ0v) is 13.3. The summed E-state index contributed by atoms with van der Waals surface area (Å²) in [6.07, 6.45) is 0. The number of anilines is 2. The number of nitrogens with one attached hydrogen (secondary N) is 1. The number of ether oxygens (including phenoxy) is 1. The summed E-state index contributed by atoms with van der Waals surface area (Å²) in [7, 11) is -2.48. The van der Waals surface area contributed by atoms with Gasteiger partial charge in [0.25, 0.3) is 10.0 Å². The van der Waals surface area contributed by atoms with Gasteiger partial charge in [-0.3, -0.25) is 4.72 Å². The quantitative estimate of drug-likeness (QED) is 0.806. The summed E-state index contributed by atoms with van der Waals surface area (Å²) in [5, 5.41) is 0. The smallest absolute Gasteiger partial charge is 0.264 e. The van der Waals surface area contributed by atoms with Gasteiger partial charge in [0.05, 0.1) is 23.0 Å². The molecule has 0 spiro atoms. The summed E-state index contributed by atoms with van der Waals surface area (Å²) in [5.41, 5.74) is 5.86. The first kappa shape index (κ1) is 15.6. The van der Waals surface area contributed by atoms with Gasteiger partial charge in [0.15, 0.2) is 0 Å². The zero-order valence-electron chi connectivity index (χ0n) is 10.9. The Balaban J connectivity index is 2.37.